The molecule has 1 aromatic carbocycles. The van der Waals surface area contributed by atoms with Gasteiger partial charge in [-0.05, 0) is 41.7 Å². The first-order valence-corrected chi connectivity index (χ1v) is 10.2. The number of benzene rings is 1. The standard InChI is InChI=1S/C24H28N2O4/c1-28-15-24(27)26-11-10-16-8-9-22(29-2)23(30-3)13-19(16)21(26)12-17-14-25-20-7-5-4-6-18(17)20/h4-8,13-14,21,25H,9-12,15H2,1-3H3/t21-/m0/s1. The van der Waals surface area contributed by atoms with Crippen molar-refractivity contribution in [2.45, 2.75) is 25.3 Å². The molecular formula is C24H28N2O4. The summed E-state index contributed by atoms with van der Waals surface area (Å²) in [5.41, 5.74) is 4.65. The summed E-state index contributed by atoms with van der Waals surface area (Å²) in [6, 6.07) is 8.15. The molecule has 2 heterocycles. The molecule has 1 aliphatic carbocycles. The average Bonchev–Trinajstić information content (AvgIpc) is 3.07. The number of nitrogens with zero attached hydrogens (tertiary/aromatic N) is 1. The van der Waals surface area contributed by atoms with Crippen LogP contribution >= 0.6 is 0 Å². The topological polar surface area (TPSA) is 63.8 Å². The number of methoxy groups -OCH3 is 3. The number of ether oxygens (including phenoxy) is 3. The number of carbonyl (C=O) groups excluding carboxylic acids is 1. The molecule has 1 fully saturated rings. The highest BCUT2D eigenvalue weighted by atomic mass is 16.5. The van der Waals surface area contributed by atoms with Gasteiger partial charge in [0.05, 0.1) is 20.3 Å². The summed E-state index contributed by atoms with van der Waals surface area (Å²) in [6.45, 7) is 0.746. The van der Waals surface area contributed by atoms with Crippen molar-refractivity contribution in [3.8, 4) is 0 Å². The van der Waals surface area contributed by atoms with Crippen LogP contribution in [0.3, 0.4) is 0 Å². The molecule has 2 aliphatic rings. The van der Waals surface area contributed by atoms with Gasteiger partial charge in [-0.3, -0.25) is 4.79 Å². The van der Waals surface area contributed by atoms with E-state index in [-0.39, 0.29) is 18.6 Å². The number of rotatable bonds is 6. The van der Waals surface area contributed by atoms with Crippen LogP contribution < -0.4 is 0 Å². The van der Waals surface area contributed by atoms with Crippen molar-refractivity contribution in [1.82, 2.24) is 9.88 Å². The van der Waals surface area contributed by atoms with Crippen molar-refractivity contribution in [1.29, 1.82) is 0 Å². The van der Waals surface area contributed by atoms with Crippen LogP contribution in [0.5, 0.6) is 0 Å². The first-order chi connectivity index (χ1) is 14.7. The number of amides is 1. The molecule has 1 aliphatic heterocycles. The first-order valence-electron chi connectivity index (χ1n) is 10.2. The molecule has 0 radical (unpaired) electrons. The van der Waals surface area contributed by atoms with Gasteiger partial charge in [0.1, 0.15) is 12.4 Å². The van der Waals surface area contributed by atoms with E-state index >= 15 is 0 Å². The van der Waals surface area contributed by atoms with E-state index in [9.17, 15) is 4.79 Å². The van der Waals surface area contributed by atoms with Gasteiger partial charge in [0.25, 0.3) is 0 Å². The van der Waals surface area contributed by atoms with Crippen LogP contribution in [0.4, 0.5) is 0 Å². The average molecular weight is 408 g/mol. The molecule has 1 N–H and O–H groups in total. The molecule has 0 saturated carbocycles. The number of aromatic nitrogens is 1. The normalized spacial score (nSPS) is 19.2. The second-order valence-electron chi connectivity index (χ2n) is 7.58. The fraction of sp³-hybridized carbons (Fsp3) is 0.375. The summed E-state index contributed by atoms with van der Waals surface area (Å²) in [5, 5.41) is 1.18. The van der Waals surface area contributed by atoms with Gasteiger partial charge in [-0.25, -0.2) is 0 Å². The van der Waals surface area contributed by atoms with E-state index < -0.39 is 0 Å². The zero-order chi connectivity index (χ0) is 21.1. The second-order valence-corrected chi connectivity index (χ2v) is 7.58. The van der Waals surface area contributed by atoms with E-state index in [4.69, 9.17) is 14.2 Å². The third kappa shape index (κ3) is 3.75. The zero-order valence-electron chi connectivity index (χ0n) is 17.7. The van der Waals surface area contributed by atoms with Crippen LogP contribution in [-0.2, 0) is 25.4 Å². The van der Waals surface area contributed by atoms with Crippen LogP contribution in [0.1, 0.15) is 18.4 Å². The molecule has 158 valence electrons. The SMILES string of the molecule is COCC(=O)N1CCC2=CCC(OC)=C(OC)C=C2[C@@H]1Cc1c[nH]c2ccccc12. The Labute approximate surface area is 176 Å². The molecule has 6 heteroatoms. The third-order valence-electron chi connectivity index (χ3n) is 5.97. The number of nitrogens with one attached hydrogen (secondary N) is 1. The van der Waals surface area contributed by atoms with Crippen molar-refractivity contribution >= 4 is 16.8 Å². The molecule has 0 unspecified atom stereocenters. The summed E-state index contributed by atoms with van der Waals surface area (Å²) in [5.74, 6) is 1.51. The fourth-order valence-corrected chi connectivity index (χ4v) is 4.46. The zero-order valence-corrected chi connectivity index (χ0v) is 17.7. The maximum atomic E-state index is 12.9. The van der Waals surface area contributed by atoms with Crippen LogP contribution in [0.2, 0.25) is 0 Å². The Kier molecular flexibility index (Phi) is 5.95. The van der Waals surface area contributed by atoms with Crippen molar-refractivity contribution in [2.75, 3.05) is 34.5 Å². The number of fused-ring (bicyclic) bond motifs is 2. The summed E-state index contributed by atoms with van der Waals surface area (Å²) < 4.78 is 16.3. The molecule has 0 spiro atoms. The maximum absolute atomic E-state index is 12.9. The van der Waals surface area contributed by atoms with E-state index in [2.05, 4.69) is 23.2 Å². The Bertz CT molecular complexity index is 1030. The molecule has 6 nitrogen and oxygen atoms in total. The molecule has 1 saturated heterocycles. The lowest BCUT2D eigenvalue weighted by molar-refractivity contribution is -0.137. The largest absolute Gasteiger partial charge is 0.497 e. The third-order valence-corrected chi connectivity index (χ3v) is 5.97. The van der Waals surface area contributed by atoms with Crippen LogP contribution in [0.15, 0.2) is 65.3 Å². The number of carbonyl (C=O) groups is 1. The lowest BCUT2D eigenvalue weighted by atomic mass is 9.86. The predicted molar refractivity (Wildman–Crippen MR) is 116 cm³/mol. The Morgan fingerprint density at radius 3 is 2.80 bits per heavy atom. The van der Waals surface area contributed by atoms with Gasteiger partial charge in [0, 0.05) is 37.2 Å². The molecule has 1 atom stereocenters. The molecule has 1 aromatic heterocycles. The molecule has 2 aromatic rings. The summed E-state index contributed by atoms with van der Waals surface area (Å²) in [7, 11) is 4.88. The number of aromatic amines is 1. The second kappa shape index (κ2) is 8.79. The summed E-state index contributed by atoms with van der Waals surface area (Å²) >= 11 is 0. The fourth-order valence-electron chi connectivity index (χ4n) is 4.46. The minimum absolute atomic E-state index is 0.00134. The first kappa shape index (κ1) is 20.3. The molecule has 30 heavy (non-hydrogen) atoms. The van der Waals surface area contributed by atoms with Gasteiger partial charge < -0.3 is 24.1 Å². The van der Waals surface area contributed by atoms with Gasteiger partial charge in [-0.2, -0.15) is 0 Å². The minimum Gasteiger partial charge on any atom is -0.497 e. The lowest BCUT2D eigenvalue weighted by Crippen LogP contribution is -2.48. The lowest BCUT2D eigenvalue weighted by Gasteiger charge is -2.39. The Morgan fingerprint density at radius 1 is 1.20 bits per heavy atom. The molecule has 4 rings (SSSR count). The van der Waals surface area contributed by atoms with Crippen molar-refractivity contribution in [2.24, 2.45) is 0 Å². The quantitative estimate of drug-likeness (QED) is 0.791. The number of para-hydroxylation sites is 1. The Morgan fingerprint density at radius 2 is 2.03 bits per heavy atom. The Balaban J connectivity index is 1.78. The highest BCUT2D eigenvalue weighted by molar-refractivity contribution is 5.84. The summed E-state index contributed by atoms with van der Waals surface area (Å²) in [4.78, 5) is 18.2. The molecule has 1 amide bonds. The number of hydrogen-bond acceptors (Lipinski definition) is 4. The van der Waals surface area contributed by atoms with E-state index in [0.29, 0.717) is 25.1 Å². The number of likely N-dealkylation sites (tertiary alicyclic amines) is 1. The van der Waals surface area contributed by atoms with Crippen molar-refractivity contribution in [3.05, 3.63) is 70.8 Å². The van der Waals surface area contributed by atoms with Gasteiger partial charge >= 0.3 is 0 Å². The van der Waals surface area contributed by atoms with Crippen molar-refractivity contribution in [3.63, 3.8) is 0 Å². The molecule has 0 bridgehead atoms. The smallest absolute Gasteiger partial charge is 0.249 e. The van der Waals surface area contributed by atoms with E-state index in [1.807, 2.05) is 29.3 Å². The number of piperidine rings is 1. The summed E-state index contributed by atoms with van der Waals surface area (Å²) in [6.07, 6.45) is 8.50. The van der Waals surface area contributed by atoms with Crippen LogP contribution in [0.25, 0.3) is 10.9 Å². The van der Waals surface area contributed by atoms with E-state index in [1.165, 1.54) is 16.5 Å². The van der Waals surface area contributed by atoms with Crippen LogP contribution in [-0.4, -0.2) is 56.3 Å². The Hall–Kier alpha value is -2.99. The number of hydrogen-bond donors (Lipinski definition) is 1. The highest BCUT2D eigenvalue weighted by Crippen LogP contribution is 2.36. The number of allylic oxidation sites excluding steroid dienone is 2. The number of H-pyrrole nitrogens is 1. The minimum atomic E-state index is -0.104. The van der Waals surface area contributed by atoms with E-state index in [1.54, 1.807) is 21.3 Å². The van der Waals surface area contributed by atoms with Gasteiger partial charge in [-0.15, -0.1) is 0 Å². The van der Waals surface area contributed by atoms with E-state index in [0.717, 1.165) is 23.3 Å². The highest BCUT2D eigenvalue weighted by Gasteiger charge is 2.34. The monoisotopic (exact) mass is 408 g/mol. The van der Waals surface area contributed by atoms with Crippen molar-refractivity contribution < 1.29 is 19.0 Å². The molecular weight excluding hydrogens is 380 g/mol. The predicted octanol–water partition coefficient (Wildman–Crippen LogP) is 3.72. The van der Waals surface area contributed by atoms with Gasteiger partial charge in [0.2, 0.25) is 5.91 Å². The maximum Gasteiger partial charge on any atom is 0.249 e. The van der Waals surface area contributed by atoms with Gasteiger partial charge in [0.15, 0.2) is 5.76 Å². The van der Waals surface area contributed by atoms with Crippen LogP contribution in [0, 0.1) is 0 Å². The van der Waals surface area contributed by atoms with Gasteiger partial charge in [-0.1, -0.05) is 24.3 Å².